The van der Waals surface area contributed by atoms with Crippen molar-refractivity contribution in [2.24, 2.45) is 0 Å². The highest BCUT2D eigenvalue weighted by Gasteiger charge is 2.36. The number of halogens is 2. The molecule has 21 heavy (non-hydrogen) atoms. The smallest absolute Gasteiger partial charge is 0.318 e. The minimum atomic E-state index is -4.32. The van der Waals surface area contributed by atoms with Crippen molar-refractivity contribution in [1.29, 1.82) is 0 Å². The molecule has 0 saturated heterocycles. The molecule has 2 rings (SSSR count). The van der Waals surface area contributed by atoms with Gasteiger partial charge in [-0.3, -0.25) is 4.79 Å². The molecule has 0 heterocycles. The van der Waals surface area contributed by atoms with Crippen molar-refractivity contribution < 1.29 is 27.1 Å². The average Bonchev–Trinajstić information content (AvgIpc) is 2.88. The van der Waals surface area contributed by atoms with Crippen LogP contribution in [0.15, 0.2) is 23.1 Å². The summed E-state index contributed by atoms with van der Waals surface area (Å²) in [5.41, 5.74) is 0. The summed E-state index contributed by atoms with van der Waals surface area (Å²) in [7, 11) is -4.32. The molecule has 1 fully saturated rings. The van der Waals surface area contributed by atoms with Crippen molar-refractivity contribution in [3.63, 3.8) is 0 Å². The summed E-state index contributed by atoms with van der Waals surface area (Å²) in [6.45, 7) is -0.732. The zero-order valence-corrected chi connectivity index (χ0v) is 11.9. The van der Waals surface area contributed by atoms with Gasteiger partial charge in [-0.15, -0.1) is 0 Å². The number of aliphatic carboxylic acids is 1. The van der Waals surface area contributed by atoms with E-state index < -0.39 is 45.1 Å². The van der Waals surface area contributed by atoms with Gasteiger partial charge in [0.05, 0.1) is 0 Å². The van der Waals surface area contributed by atoms with E-state index in [9.17, 15) is 22.0 Å². The van der Waals surface area contributed by atoms with Crippen LogP contribution in [0.1, 0.15) is 25.7 Å². The largest absolute Gasteiger partial charge is 0.480 e. The van der Waals surface area contributed by atoms with Crippen LogP contribution in [0.3, 0.4) is 0 Å². The summed E-state index contributed by atoms with van der Waals surface area (Å²) in [4.78, 5) is 10.2. The van der Waals surface area contributed by atoms with Gasteiger partial charge in [0.15, 0.2) is 0 Å². The van der Waals surface area contributed by atoms with E-state index in [0.717, 1.165) is 29.3 Å². The molecule has 0 unspecified atom stereocenters. The summed E-state index contributed by atoms with van der Waals surface area (Å²) < 4.78 is 52.4. The molecule has 1 aliphatic rings. The fraction of sp³-hybridized carbons (Fsp3) is 0.462. The number of carboxylic acid groups (broad SMARTS) is 1. The molecule has 0 atom stereocenters. The van der Waals surface area contributed by atoms with Crippen LogP contribution < -0.4 is 0 Å². The van der Waals surface area contributed by atoms with Gasteiger partial charge in [0.1, 0.15) is 23.1 Å². The average molecular weight is 319 g/mol. The Bertz CT molecular complexity index is 642. The van der Waals surface area contributed by atoms with Crippen LogP contribution in [0, 0.1) is 11.6 Å². The van der Waals surface area contributed by atoms with E-state index in [1.807, 2.05) is 0 Å². The molecule has 1 N–H and O–H groups in total. The lowest BCUT2D eigenvalue weighted by Crippen LogP contribution is -2.42. The van der Waals surface area contributed by atoms with Crippen LogP contribution in [0.2, 0.25) is 0 Å². The van der Waals surface area contributed by atoms with Crippen LogP contribution in [0.25, 0.3) is 0 Å². The Hall–Kier alpha value is -1.54. The first-order chi connectivity index (χ1) is 9.82. The molecule has 1 aliphatic carbocycles. The second-order valence-corrected chi connectivity index (χ2v) is 6.82. The molecule has 8 heteroatoms. The van der Waals surface area contributed by atoms with E-state index in [0.29, 0.717) is 18.9 Å². The Labute approximate surface area is 121 Å². The third-order valence-corrected chi connectivity index (χ3v) is 5.44. The minimum absolute atomic E-state index is 0.462. The van der Waals surface area contributed by atoms with Gasteiger partial charge in [-0.1, -0.05) is 12.8 Å². The molecule has 0 aliphatic heterocycles. The molecule has 0 amide bonds. The molecule has 0 aromatic heterocycles. The summed E-state index contributed by atoms with van der Waals surface area (Å²) in [6.07, 6.45) is 2.66. The quantitative estimate of drug-likeness (QED) is 0.900. The Balaban J connectivity index is 2.43. The Kier molecular flexibility index (Phi) is 4.58. The zero-order chi connectivity index (χ0) is 15.6. The van der Waals surface area contributed by atoms with Crippen molar-refractivity contribution in [1.82, 2.24) is 4.31 Å². The van der Waals surface area contributed by atoms with Gasteiger partial charge in [-0.2, -0.15) is 4.31 Å². The van der Waals surface area contributed by atoms with Crippen LogP contribution in [0.4, 0.5) is 8.78 Å². The second kappa shape index (κ2) is 6.07. The van der Waals surface area contributed by atoms with Gasteiger partial charge in [-0.05, 0) is 25.0 Å². The summed E-state index contributed by atoms with van der Waals surface area (Å²) in [5.74, 6) is -3.42. The van der Waals surface area contributed by atoms with Gasteiger partial charge in [0.25, 0.3) is 0 Å². The minimum Gasteiger partial charge on any atom is -0.480 e. The molecule has 0 radical (unpaired) electrons. The molecular formula is C13H15F2NO4S. The second-order valence-electron chi connectivity index (χ2n) is 4.96. The van der Waals surface area contributed by atoms with Crippen LogP contribution >= 0.6 is 0 Å². The van der Waals surface area contributed by atoms with Crippen molar-refractivity contribution >= 4 is 16.0 Å². The lowest BCUT2D eigenvalue weighted by atomic mass is 10.2. The van der Waals surface area contributed by atoms with Gasteiger partial charge in [0, 0.05) is 12.1 Å². The number of nitrogens with zero attached hydrogens (tertiary/aromatic N) is 1. The van der Waals surface area contributed by atoms with Crippen molar-refractivity contribution in [3.8, 4) is 0 Å². The van der Waals surface area contributed by atoms with Crippen LogP contribution in [-0.2, 0) is 14.8 Å². The normalized spacial score (nSPS) is 16.5. The highest BCUT2D eigenvalue weighted by molar-refractivity contribution is 7.89. The summed E-state index contributed by atoms with van der Waals surface area (Å²) in [5, 5.41) is 8.91. The third-order valence-electron chi connectivity index (χ3n) is 3.50. The standard InChI is InChI=1S/C13H15F2NO4S/c14-9-5-6-12(11(15)7-9)21(19,20)16(8-13(17)18)10-3-1-2-4-10/h5-7,10H,1-4,8H2,(H,17,18). The molecule has 116 valence electrons. The van der Waals surface area contributed by atoms with Crippen molar-refractivity contribution in [3.05, 3.63) is 29.8 Å². The van der Waals surface area contributed by atoms with E-state index >= 15 is 0 Å². The molecule has 0 bridgehead atoms. The molecule has 1 aromatic carbocycles. The fourth-order valence-corrected chi connectivity index (χ4v) is 4.23. The molecule has 0 spiro atoms. The zero-order valence-electron chi connectivity index (χ0n) is 11.1. The van der Waals surface area contributed by atoms with Gasteiger partial charge < -0.3 is 5.11 Å². The van der Waals surface area contributed by atoms with E-state index in [-0.39, 0.29) is 0 Å². The van der Waals surface area contributed by atoms with Crippen LogP contribution in [0.5, 0.6) is 0 Å². The molecule has 1 aromatic rings. The Morgan fingerprint density at radius 1 is 1.29 bits per heavy atom. The molecule has 5 nitrogen and oxygen atoms in total. The third kappa shape index (κ3) is 3.38. The van der Waals surface area contributed by atoms with E-state index in [4.69, 9.17) is 5.11 Å². The topological polar surface area (TPSA) is 74.7 Å². The number of hydrogen-bond acceptors (Lipinski definition) is 3. The highest BCUT2D eigenvalue weighted by Crippen LogP contribution is 2.29. The van der Waals surface area contributed by atoms with Gasteiger partial charge in [0.2, 0.25) is 10.0 Å². The first kappa shape index (κ1) is 15.8. The van der Waals surface area contributed by atoms with Crippen molar-refractivity contribution in [2.45, 2.75) is 36.6 Å². The number of hydrogen-bond donors (Lipinski definition) is 1. The monoisotopic (exact) mass is 319 g/mol. The highest BCUT2D eigenvalue weighted by atomic mass is 32.2. The van der Waals surface area contributed by atoms with Gasteiger partial charge in [-0.25, -0.2) is 17.2 Å². The summed E-state index contributed by atoms with van der Waals surface area (Å²) >= 11 is 0. The lowest BCUT2D eigenvalue weighted by molar-refractivity contribution is -0.137. The Morgan fingerprint density at radius 2 is 1.90 bits per heavy atom. The van der Waals surface area contributed by atoms with Gasteiger partial charge >= 0.3 is 5.97 Å². The predicted molar refractivity (Wildman–Crippen MR) is 70.1 cm³/mol. The number of sulfonamides is 1. The first-order valence-electron chi connectivity index (χ1n) is 6.51. The van der Waals surface area contributed by atoms with E-state index in [1.54, 1.807) is 0 Å². The number of carboxylic acids is 1. The molecule has 1 saturated carbocycles. The first-order valence-corrected chi connectivity index (χ1v) is 7.95. The maximum Gasteiger partial charge on any atom is 0.318 e. The number of benzene rings is 1. The van der Waals surface area contributed by atoms with E-state index in [1.165, 1.54) is 0 Å². The maximum absolute atomic E-state index is 13.7. The molecular weight excluding hydrogens is 304 g/mol. The number of rotatable bonds is 5. The maximum atomic E-state index is 13.7. The number of carbonyl (C=O) groups is 1. The van der Waals surface area contributed by atoms with Crippen molar-refractivity contribution in [2.75, 3.05) is 6.54 Å². The van der Waals surface area contributed by atoms with Crippen LogP contribution in [-0.4, -0.2) is 36.4 Å². The Morgan fingerprint density at radius 3 is 2.43 bits per heavy atom. The van der Waals surface area contributed by atoms with E-state index in [2.05, 4.69) is 0 Å². The lowest BCUT2D eigenvalue weighted by Gasteiger charge is -2.26. The fourth-order valence-electron chi connectivity index (χ4n) is 2.55. The SMILES string of the molecule is O=C(O)CN(C1CCCC1)S(=O)(=O)c1ccc(F)cc1F. The summed E-state index contributed by atoms with van der Waals surface area (Å²) in [6, 6.07) is 1.67. The predicted octanol–water partition coefficient (Wildman–Crippen LogP) is 1.98.